The first kappa shape index (κ1) is 11.1. The second-order valence-electron chi connectivity index (χ2n) is 3.38. The van der Waals surface area contributed by atoms with Gasteiger partial charge < -0.3 is 9.88 Å². The van der Waals surface area contributed by atoms with Crippen LogP contribution in [0.5, 0.6) is 0 Å². The van der Waals surface area contributed by atoms with Gasteiger partial charge in [-0.05, 0) is 13.3 Å². The van der Waals surface area contributed by atoms with Crippen LogP contribution >= 0.6 is 11.3 Å². The average molecular weight is 237 g/mol. The van der Waals surface area contributed by atoms with Gasteiger partial charge in [-0.3, -0.25) is 0 Å². The van der Waals surface area contributed by atoms with Crippen LogP contribution in [0.3, 0.4) is 0 Å². The molecule has 0 fully saturated rings. The molecule has 2 heterocycles. The van der Waals surface area contributed by atoms with Crippen LogP contribution < -0.4 is 5.32 Å². The maximum atomic E-state index is 4.12. The maximum absolute atomic E-state index is 4.12. The molecular weight excluding hydrogens is 222 g/mol. The Morgan fingerprint density at radius 1 is 1.38 bits per heavy atom. The molecule has 86 valence electrons. The van der Waals surface area contributed by atoms with Gasteiger partial charge in [0.05, 0.1) is 18.6 Å². The van der Waals surface area contributed by atoms with E-state index in [-0.39, 0.29) is 0 Å². The molecule has 0 saturated heterocycles. The van der Waals surface area contributed by atoms with E-state index in [4.69, 9.17) is 0 Å². The molecular formula is C10H15N5S. The number of imidazole rings is 1. The summed E-state index contributed by atoms with van der Waals surface area (Å²) in [5.74, 6) is 0. The van der Waals surface area contributed by atoms with E-state index >= 15 is 0 Å². The fraction of sp³-hybridized carbons (Fsp3) is 0.500. The van der Waals surface area contributed by atoms with Crippen LogP contribution in [0.2, 0.25) is 0 Å². The van der Waals surface area contributed by atoms with E-state index in [2.05, 4.69) is 38.9 Å². The molecule has 0 bridgehead atoms. The van der Waals surface area contributed by atoms with Gasteiger partial charge in [0.25, 0.3) is 0 Å². The summed E-state index contributed by atoms with van der Waals surface area (Å²) in [6, 6.07) is 0. The molecule has 6 heteroatoms. The van der Waals surface area contributed by atoms with Crippen molar-refractivity contribution >= 4 is 16.5 Å². The van der Waals surface area contributed by atoms with Gasteiger partial charge in [0, 0.05) is 12.7 Å². The van der Waals surface area contributed by atoms with Crippen molar-refractivity contribution in [2.45, 2.75) is 33.4 Å². The number of rotatable bonds is 5. The van der Waals surface area contributed by atoms with Crippen LogP contribution in [0.4, 0.5) is 5.13 Å². The van der Waals surface area contributed by atoms with Crippen LogP contribution in [0, 0.1) is 0 Å². The zero-order valence-corrected chi connectivity index (χ0v) is 10.3. The highest BCUT2D eigenvalue weighted by molar-refractivity contribution is 7.15. The molecule has 0 spiro atoms. The van der Waals surface area contributed by atoms with Gasteiger partial charge in [0.15, 0.2) is 0 Å². The number of hydrogen-bond donors (Lipinski definition) is 1. The predicted octanol–water partition coefficient (Wildman–Crippen LogP) is 1.93. The third-order valence-electron chi connectivity index (χ3n) is 2.33. The van der Waals surface area contributed by atoms with Crippen molar-refractivity contribution < 1.29 is 0 Å². The molecule has 0 aromatic carbocycles. The minimum Gasteiger partial charge on any atom is -0.354 e. The summed E-state index contributed by atoms with van der Waals surface area (Å²) in [5.41, 5.74) is 1.16. The van der Waals surface area contributed by atoms with Crippen LogP contribution in [-0.4, -0.2) is 19.7 Å². The van der Waals surface area contributed by atoms with Gasteiger partial charge >= 0.3 is 0 Å². The Kier molecular flexibility index (Phi) is 3.51. The number of nitrogens with zero attached hydrogens (tertiary/aromatic N) is 4. The standard InChI is InChI=1S/C10H15N5S/c1-3-9-13-14-10(16-9)12-6-8-5-11-7-15(8)4-2/h5,7H,3-4,6H2,1-2H3,(H,12,14). The summed E-state index contributed by atoms with van der Waals surface area (Å²) in [6.45, 7) is 5.86. The van der Waals surface area contributed by atoms with E-state index in [9.17, 15) is 0 Å². The summed E-state index contributed by atoms with van der Waals surface area (Å²) in [6.07, 6.45) is 4.65. The molecule has 0 radical (unpaired) electrons. The molecule has 0 atom stereocenters. The summed E-state index contributed by atoms with van der Waals surface area (Å²) >= 11 is 1.61. The average Bonchev–Trinajstić information content (AvgIpc) is 2.94. The molecule has 0 unspecified atom stereocenters. The van der Waals surface area contributed by atoms with Crippen molar-refractivity contribution in [1.29, 1.82) is 0 Å². The molecule has 0 aliphatic heterocycles. The lowest BCUT2D eigenvalue weighted by Gasteiger charge is -2.04. The van der Waals surface area contributed by atoms with Crippen molar-refractivity contribution in [2.24, 2.45) is 0 Å². The van der Waals surface area contributed by atoms with E-state index in [1.807, 2.05) is 12.5 Å². The Morgan fingerprint density at radius 3 is 2.94 bits per heavy atom. The topological polar surface area (TPSA) is 55.6 Å². The van der Waals surface area contributed by atoms with Gasteiger partial charge in [-0.15, -0.1) is 10.2 Å². The molecule has 1 N–H and O–H groups in total. The highest BCUT2D eigenvalue weighted by Crippen LogP contribution is 2.16. The molecule has 2 aromatic rings. The third-order valence-corrected chi connectivity index (χ3v) is 3.35. The minimum atomic E-state index is 0.742. The smallest absolute Gasteiger partial charge is 0.205 e. The molecule has 16 heavy (non-hydrogen) atoms. The molecule has 0 aliphatic carbocycles. The molecule has 0 amide bonds. The van der Waals surface area contributed by atoms with Crippen molar-refractivity contribution in [3.8, 4) is 0 Å². The van der Waals surface area contributed by atoms with Gasteiger partial charge in [-0.1, -0.05) is 18.3 Å². The number of anilines is 1. The lowest BCUT2D eigenvalue weighted by molar-refractivity contribution is 0.719. The van der Waals surface area contributed by atoms with E-state index in [0.717, 1.165) is 35.3 Å². The minimum absolute atomic E-state index is 0.742. The van der Waals surface area contributed by atoms with Crippen LogP contribution in [0.1, 0.15) is 24.5 Å². The molecule has 0 aliphatic rings. The number of aromatic nitrogens is 4. The Bertz CT molecular complexity index is 448. The zero-order chi connectivity index (χ0) is 11.4. The van der Waals surface area contributed by atoms with E-state index < -0.39 is 0 Å². The number of nitrogens with one attached hydrogen (secondary N) is 1. The van der Waals surface area contributed by atoms with E-state index in [1.54, 1.807) is 11.3 Å². The molecule has 0 saturated carbocycles. The molecule has 5 nitrogen and oxygen atoms in total. The highest BCUT2D eigenvalue weighted by Gasteiger charge is 2.04. The van der Waals surface area contributed by atoms with Crippen molar-refractivity contribution in [3.63, 3.8) is 0 Å². The summed E-state index contributed by atoms with van der Waals surface area (Å²) in [5, 5.41) is 13.3. The number of hydrogen-bond acceptors (Lipinski definition) is 5. The fourth-order valence-electron chi connectivity index (χ4n) is 1.41. The lowest BCUT2D eigenvalue weighted by Crippen LogP contribution is -2.05. The predicted molar refractivity (Wildman–Crippen MR) is 64.5 cm³/mol. The maximum Gasteiger partial charge on any atom is 0.205 e. The third kappa shape index (κ3) is 2.38. The zero-order valence-electron chi connectivity index (χ0n) is 9.47. The molecule has 2 rings (SSSR count). The normalized spacial score (nSPS) is 10.6. The van der Waals surface area contributed by atoms with Gasteiger partial charge in [-0.2, -0.15) is 0 Å². The van der Waals surface area contributed by atoms with Crippen molar-refractivity contribution in [2.75, 3.05) is 5.32 Å². The monoisotopic (exact) mass is 237 g/mol. The second-order valence-corrected chi connectivity index (χ2v) is 4.44. The Labute approximate surface area is 98.5 Å². The fourth-order valence-corrected chi connectivity index (χ4v) is 2.09. The first-order valence-corrected chi connectivity index (χ1v) is 6.20. The van der Waals surface area contributed by atoms with Gasteiger partial charge in [0.2, 0.25) is 5.13 Å². The van der Waals surface area contributed by atoms with Crippen LogP contribution in [0.25, 0.3) is 0 Å². The first-order chi connectivity index (χ1) is 7.83. The van der Waals surface area contributed by atoms with Gasteiger partial charge in [-0.25, -0.2) is 4.98 Å². The largest absolute Gasteiger partial charge is 0.354 e. The van der Waals surface area contributed by atoms with E-state index in [1.165, 1.54) is 0 Å². The highest BCUT2D eigenvalue weighted by atomic mass is 32.1. The summed E-state index contributed by atoms with van der Waals surface area (Å²) in [4.78, 5) is 4.12. The number of aryl methyl sites for hydroxylation is 2. The summed E-state index contributed by atoms with van der Waals surface area (Å²) < 4.78 is 2.11. The van der Waals surface area contributed by atoms with Crippen molar-refractivity contribution in [3.05, 3.63) is 23.2 Å². The van der Waals surface area contributed by atoms with Crippen LogP contribution in [-0.2, 0) is 19.5 Å². The van der Waals surface area contributed by atoms with Gasteiger partial charge in [0.1, 0.15) is 5.01 Å². The first-order valence-electron chi connectivity index (χ1n) is 5.38. The molecule has 2 aromatic heterocycles. The Balaban J connectivity index is 1.96. The van der Waals surface area contributed by atoms with E-state index in [0.29, 0.717) is 0 Å². The lowest BCUT2D eigenvalue weighted by atomic mass is 10.4. The second kappa shape index (κ2) is 5.07. The quantitative estimate of drug-likeness (QED) is 0.863. The van der Waals surface area contributed by atoms with Crippen LogP contribution in [0.15, 0.2) is 12.5 Å². The Hall–Kier alpha value is -1.43. The SMILES string of the molecule is CCc1nnc(NCc2cncn2CC)s1. The summed E-state index contributed by atoms with van der Waals surface area (Å²) in [7, 11) is 0. The van der Waals surface area contributed by atoms with Crippen molar-refractivity contribution in [1.82, 2.24) is 19.7 Å². The Morgan fingerprint density at radius 2 is 2.25 bits per heavy atom.